The molecule has 5 heteroatoms. The molecular weight excluding hydrogens is 340 g/mol. The minimum absolute atomic E-state index is 0.172. The molecule has 142 valence electrons. The number of aliphatic carboxylic acids is 1. The van der Waals surface area contributed by atoms with Gasteiger partial charge >= 0.3 is 5.97 Å². The highest BCUT2D eigenvalue weighted by atomic mass is 16.5. The number of allylic oxidation sites excluding steroid dienone is 10. The van der Waals surface area contributed by atoms with Gasteiger partial charge in [-0.25, -0.2) is 4.79 Å². The number of carbonyl (C=O) groups is 1. The summed E-state index contributed by atoms with van der Waals surface area (Å²) in [6.45, 7) is 8.35. The van der Waals surface area contributed by atoms with Gasteiger partial charge in [0.05, 0.1) is 11.5 Å². The Morgan fingerprint density at radius 3 is 2.59 bits per heavy atom. The van der Waals surface area contributed by atoms with Gasteiger partial charge in [-0.3, -0.25) is 0 Å². The first-order valence-electron chi connectivity index (χ1n) is 9.02. The second kappa shape index (κ2) is 9.67. The second-order valence-corrected chi connectivity index (χ2v) is 6.75. The highest BCUT2D eigenvalue weighted by Crippen LogP contribution is 2.20. The molecule has 1 unspecified atom stereocenters. The fraction of sp³-hybridized carbons (Fsp3) is 0.318. The maximum Gasteiger partial charge on any atom is 0.335 e. The molecule has 0 radical (unpaired) electrons. The van der Waals surface area contributed by atoms with E-state index in [1.165, 1.54) is 23.3 Å². The zero-order chi connectivity index (χ0) is 19.8. The first-order chi connectivity index (χ1) is 12.9. The van der Waals surface area contributed by atoms with Gasteiger partial charge in [-0.15, -0.1) is 0 Å². The Balaban J connectivity index is 0.000000208. The van der Waals surface area contributed by atoms with Gasteiger partial charge in [0, 0.05) is 0 Å². The summed E-state index contributed by atoms with van der Waals surface area (Å²) in [6, 6.07) is 0. The van der Waals surface area contributed by atoms with Gasteiger partial charge in [-0.1, -0.05) is 73.2 Å². The van der Waals surface area contributed by atoms with E-state index in [4.69, 9.17) is 9.63 Å². The van der Waals surface area contributed by atoms with Crippen LogP contribution in [0.25, 0.3) is 0 Å². The molecule has 0 bridgehead atoms. The van der Waals surface area contributed by atoms with E-state index in [2.05, 4.69) is 55.2 Å². The molecule has 3 rings (SSSR count). The van der Waals surface area contributed by atoms with E-state index in [-0.39, 0.29) is 11.5 Å². The quantitative estimate of drug-likeness (QED) is 0.808. The van der Waals surface area contributed by atoms with Crippen molar-refractivity contribution in [1.82, 2.24) is 10.1 Å². The average molecular weight is 366 g/mol. The average Bonchev–Trinajstić information content (AvgIpc) is 2.81. The molecular formula is C22H26N2O3. The Kier molecular flexibility index (Phi) is 7.29. The highest BCUT2D eigenvalue weighted by molar-refractivity contribution is 5.90. The summed E-state index contributed by atoms with van der Waals surface area (Å²) in [5, 5.41) is 12.5. The summed E-state index contributed by atoms with van der Waals surface area (Å²) in [6.07, 6.45) is 18.3. The predicted molar refractivity (Wildman–Crippen MR) is 106 cm³/mol. The van der Waals surface area contributed by atoms with Crippen molar-refractivity contribution in [2.75, 3.05) is 0 Å². The van der Waals surface area contributed by atoms with E-state index in [1.807, 2.05) is 0 Å². The number of rotatable bonds is 3. The van der Waals surface area contributed by atoms with Crippen molar-refractivity contribution in [3.8, 4) is 0 Å². The molecule has 0 saturated heterocycles. The molecule has 1 aromatic heterocycles. The number of hydrogen-bond acceptors (Lipinski definition) is 4. The molecule has 5 nitrogen and oxygen atoms in total. The number of carboxylic acid groups (broad SMARTS) is 1. The number of carboxylic acids is 1. The smallest absolute Gasteiger partial charge is 0.335 e. The Morgan fingerprint density at radius 1 is 1.19 bits per heavy atom. The van der Waals surface area contributed by atoms with Crippen molar-refractivity contribution in [3.05, 3.63) is 83.1 Å². The van der Waals surface area contributed by atoms with Crippen molar-refractivity contribution in [3.63, 3.8) is 0 Å². The lowest BCUT2D eigenvalue weighted by Crippen LogP contribution is -1.96. The molecule has 1 heterocycles. The van der Waals surface area contributed by atoms with Crippen LogP contribution in [0.1, 0.15) is 44.8 Å². The van der Waals surface area contributed by atoms with Crippen molar-refractivity contribution < 1.29 is 14.4 Å². The third kappa shape index (κ3) is 6.37. The molecule has 1 atom stereocenters. The van der Waals surface area contributed by atoms with Crippen LogP contribution < -0.4 is 0 Å². The van der Waals surface area contributed by atoms with Gasteiger partial charge in [-0.2, -0.15) is 4.98 Å². The van der Waals surface area contributed by atoms with Crippen LogP contribution in [0.15, 0.2) is 75.9 Å². The molecule has 1 N–H and O–H groups in total. The van der Waals surface area contributed by atoms with Crippen LogP contribution in [0.4, 0.5) is 0 Å². The van der Waals surface area contributed by atoms with Crippen LogP contribution >= 0.6 is 0 Å². The third-order valence-electron chi connectivity index (χ3n) is 4.15. The van der Waals surface area contributed by atoms with E-state index < -0.39 is 5.97 Å². The molecule has 0 spiro atoms. The minimum atomic E-state index is -0.955. The van der Waals surface area contributed by atoms with Gasteiger partial charge in [0.1, 0.15) is 0 Å². The van der Waals surface area contributed by atoms with Crippen molar-refractivity contribution in [1.29, 1.82) is 0 Å². The van der Waals surface area contributed by atoms with E-state index in [0.29, 0.717) is 17.6 Å². The van der Waals surface area contributed by atoms with Crippen LogP contribution in [0.5, 0.6) is 0 Å². The standard InChI is InChI=1S/C11H10N2O3.C11H16/c1-7-12-10(16-13-7)8-3-2-4-9(6-5-8)11(14)15;1-9(2)11-6-4-5-10(3)7-8-11/h2-6,8H,1H3,(H,14,15);5-9H,4H2,1-3H3. The number of aromatic nitrogens is 2. The molecule has 2 aliphatic carbocycles. The zero-order valence-electron chi connectivity index (χ0n) is 16.2. The monoisotopic (exact) mass is 366 g/mol. The molecule has 0 fully saturated rings. The normalized spacial score (nSPS) is 18.7. The van der Waals surface area contributed by atoms with Crippen molar-refractivity contribution >= 4 is 5.97 Å². The van der Waals surface area contributed by atoms with Crippen LogP contribution in [-0.4, -0.2) is 21.2 Å². The summed E-state index contributed by atoms with van der Waals surface area (Å²) in [5.41, 5.74) is 3.06. The summed E-state index contributed by atoms with van der Waals surface area (Å²) in [7, 11) is 0. The number of aryl methyl sites for hydroxylation is 1. The summed E-state index contributed by atoms with van der Waals surface area (Å²) < 4.78 is 5.02. The second-order valence-electron chi connectivity index (χ2n) is 6.75. The third-order valence-corrected chi connectivity index (χ3v) is 4.15. The Bertz CT molecular complexity index is 849. The minimum Gasteiger partial charge on any atom is -0.478 e. The van der Waals surface area contributed by atoms with Crippen LogP contribution in [0.2, 0.25) is 0 Å². The molecule has 2 aliphatic rings. The lowest BCUT2D eigenvalue weighted by molar-refractivity contribution is -0.132. The first-order valence-corrected chi connectivity index (χ1v) is 9.02. The molecule has 0 saturated carbocycles. The predicted octanol–water partition coefficient (Wildman–Crippen LogP) is 5.07. The molecule has 0 aliphatic heterocycles. The maximum atomic E-state index is 10.7. The SMILES string of the molecule is CC1=CCC=C(C(C)C)C=C1.Cc1noc(C2C=CC=C(C(=O)O)C=C2)n1. The van der Waals surface area contributed by atoms with E-state index in [9.17, 15) is 4.79 Å². The summed E-state index contributed by atoms with van der Waals surface area (Å²) in [5.74, 6) is 0.556. The topological polar surface area (TPSA) is 76.2 Å². The summed E-state index contributed by atoms with van der Waals surface area (Å²) >= 11 is 0. The first kappa shape index (κ1) is 20.4. The molecule has 0 aromatic carbocycles. The van der Waals surface area contributed by atoms with Crippen LogP contribution in [0.3, 0.4) is 0 Å². The fourth-order valence-corrected chi connectivity index (χ4v) is 2.53. The van der Waals surface area contributed by atoms with E-state index in [1.54, 1.807) is 25.2 Å². The largest absolute Gasteiger partial charge is 0.478 e. The highest BCUT2D eigenvalue weighted by Gasteiger charge is 2.14. The van der Waals surface area contributed by atoms with Gasteiger partial charge in [0.15, 0.2) is 5.82 Å². The maximum absolute atomic E-state index is 10.7. The van der Waals surface area contributed by atoms with Crippen LogP contribution in [0, 0.1) is 12.8 Å². The lowest BCUT2D eigenvalue weighted by Gasteiger charge is -2.03. The number of nitrogens with zero attached hydrogens (tertiary/aromatic N) is 2. The Labute approximate surface area is 160 Å². The zero-order valence-corrected chi connectivity index (χ0v) is 16.2. The van der Waals surface area contributed by atoms with Gasteiger partial charge in [0.25, 0.3) is 0 Å². The van der Waals surface area contributed by atoms with Gasteiger partial charge in [0.2, 0.25) is 5.89 Å². The number of hydrogen-bond donors (Lipinski definition) is 1. The van der Waals surface area contributed by atoms with E-state index in [0.717, 1.165) is 6.42 Å². The summed E-state index contributed by atoms with van der Waals surface area (Å²) in [4.78, 5) is 14.8. The molecule has 27 heavy (non-hydrogen) atoms. The Morgan fingerprint density at radius 2 is 1.96 bits per heavy atom. The van der Waals surface area contributed by atoms with Gasteiger partial charge in [-0.05, 0) is 37.8 Å². The molecule has 0 amide bonds. The molecule has 1 aromatic rings. The van der Waals surface area contributed by atoms with Crippen molar-refractivity contribution in [2.45, 2.75) is 40.0 Å². The Hall–Kier alpha value is -2.95. The lowest BCUT2D eigenvalue weighted by atomic mass is 10.0. The van der Waals surface area contributed by atoms with Crippen LogP contribution in [-0.2, 0) is 4.79 Å². The van der Waals surface area contributed by atoms with Crippen molar-refractivity contribution in [2.24, 2.45) is 5.92 Å². The van der Waals surface area contributed by atoms with Gasteiger partial charge < -0.3 is 9.63 Å². The fourth-order valence-electron chi connectivity index (χ4n) is 2.53. The van der Waals surface area contributed by atoms with E-state index >= 15 is 0 Å².